The zero-order valence-electron chi connectivity index (χ0n) is 14.1. The van der Waals surface area contributed by atoms with Crippen LogP contribution in [0.5, 0.6) is 0 Å². The third kappa shape index (κ3) is 5.77. The van der Waals surface area contributed by atoms with Crippen LogP contribution in [0.2, 0.25) is 18.1 Å². The maximum Gasteiger partial charge on any atom is 0.192 e. The first kappa shape index (κ1) is 18.1. The van der Waals surface area contributed by atoms with Gasteiger partial charge in [0.05, 0.1) is 12.7 Å². The summed E-state index contributed by atoms with van der Waals surface area (Å²) in [4.78, 5) is 0. The van der Waals surface area contributed by atoms with Crippen molar-refractivity contribution in [1.29, 1.82) is 0 Å². The highest BCUT2D eigenvalue weighted by Crippen LogP contribution is 2.36. The Hall–Kier alpha value is -0.903. The molecule has 118 valence electrons. The minimum absolute atomic E-state index is 0.183. The van der Waals surface area contributed by atoms with Gasteiger partial charge < -0.3 is 9.53 Å². The number of rotatable bonds is 7. The smallest absolute Gasteiger partial charge is 0.192 e. The van der Waals surface area contributed by atoms with Crippen LogP contribution in [-0.2, 0) is 10.8 Å². The Morgan fingerprint density at radius 3 is 2.33 bits per heavy atom. The molecular formula is C18H30O2Si. The van der Waals surface area contributed by atoms with E-state index in [1.165, 1.54) is 5.56 Å². The third-order valence-electron chi connectivity index (χ3n) is 4.45. The van der Waals surface area contributed by atoms with Crippen molar-refractivity contribution in [1.82, 2.24) is 0 Å². The quantitative estimate of drug-likeness (QED) is 0.591. The molecule has 1 N–H and O–H groups in total. The highest BCUT2D eigenvalue weighted by molar-refractivity contribution is 6.74. The molecule has 1 aromatic rings. The van der Waals surface area contributed by atoms with Gasteiger partial charge >= 0.3 is 0 Å². The van der Waals surface area contributed by atoms with E-state index in [4.69, 9.17) is 4.43 Å². The highest BCUT2D eigenvalue weighted by atomic mass is 28.4. The van der Waals surface area contributed by atoms with Gasteiger partial charge in [-0.15, -0.1) is 0 Å². The monoisotopic (exact) mass is 306 g/mol. The summed E-state index contributed by atoms with van der Waals surface area (Å²) >= 11 is 0. The van der Waals surface area contributed by atoms with Crippen LogP contribution in [0.25, 0.3) is 0 Å². The van der Waals surface area contributed by atoms with Gasteiger partial charge in [-0.2, -0.15) is 0 Å². The molecule has 0 bridgehead atoms. The standard InChI is InChI=1S/C18H30O2Si/c1-15(14-20-21(5,6)18(2,3)4)17(19)13-12-16-10-8-7-9-11-16/h7-11,17,19H,1,12-14H2,2-6H3/t17-/m0/s1. The molecule has 0 aromatic heterocycles. The van der Waals surface area contributed by atoms with Crippen LogP contribution in [0, 0.1) is 0 Å². The van der Waals surface area contributed by atoms with Crippen molar-refractivity contribution in [2.75, 3.05) is 6.61 Å². The van der Waals surface area contributed by atoms with E-state index in [0.29, 0.717) is 13.0 Å². The molecule has 3 heteroatoms. The largest absolute Gasteiger partial charge is 0.413 e. The average Bonchev–Trinajstić information content (AvgIpc) is 2.42. The summed E-state index contributed by atoms with van der Waals surface area (Å²) in [5.74, 6) is 0. The van der Waals surface area contributed by atoms with Crippen molar-refractivity contribution in [3.63, 3.8) is 0 Å². The van der Waals surface area contributed by atoms with Crippen molar-refractivity contribution < 1.29 is 9.53 Å². The Balaban J connectivity index is 2.42. The molecule has 0 aliphatic carbocycles. The van der Waals surface area contributed by atoms with E-state index in [1.54, 1.807) is 0 Å². The van der Waals surface area contributed by atoms with Crippen LogP contribution >= 0.6 is 0 Å². The number of aliphatic hydroxyl groups is 1. The summed E-state index contributed by atoms with van der Waals surface area (Å²) in [5, 5.41) is 10.4. The Kier molecular flexibility index (Phi) is 6.38. The van der Waals surface area contributed by atoms with Gasteiger partial charge in [0.15, 0.2) is 8.32 Å². The Bertz CT molecular complexity index is 446. The summed E-state index contributed by atoms with van der Waals surface area (Å²) in [7, 11) is -1.77. The van der Waals surface area contributed by atoms with Crippen LogP contribution in [-0.4, -0.2) is 26.1 Å². The lowest BCUT2D eigenvalue weighted by Crippen LogP contribution is -2.41. The van der Waals surface area contributed by atoms with Crippen LogP contribution in [0.15, 0.2) is 42.5 Å². The normalized spacial score (nSPS) is 14.0. The average molecular weight is 307 g/mol. The van der Waals surface area contributed by atoms with E-state index in [-0.39, 0.29) is 5.04 Å². The molecule has 21 heavy (non-hydrogen) atoms. The second-order valence-electron chi connectivity index (χ2n) is 7.25. The minimum Gasteiger partial charge on any atom is -0.413 e. The summed E-state index contributed by atoms with van der Waals surface area (Å²) in [6, 6.07) is 10.2. The molecule has 0 aliphatic heterocycles. The maximum atomic E-state index is 10.2. The van der Waals surface area contributed by atoms with Gasteiger partial charge in [-0.25, -0.2) is 0 Å². The predicted octanol–water partition coefficient (Wildman–Crippen LogP) is 4.56. The number of aliphatic hydroxyl groups excluding tert-OH is 1. The summed E-state index contributed by atoms with van der Waals surface area (Å²) < 4.78 is 6.11. The molecule has 1 atom stereocenters. The van der Waals surface area contributed by atoms with Crippen LogP contribution < -0.4 is 0 Å². The first-order valence-corrected chi connectivity index (χ1v) is 10.6. The van der Waals surface area contributed by atoms with Gasteiger partial charge in [-0.1, -0.05) is 57.7 Å². The number of hydrogen-bond acceptors (Lipinski definition) is 2. The SMILES string of the molecule is C=C(CO[Si](C)(C)C(C)(C)C)[C@@H](O)CCc1ccccc1. The van der Waals surface area contributed by atoms with Gasteiger partial charge in [0.1, 0.15) is 0 Å². The molecule has 0 fully saturated rings. The Labute approximate surface area is 131 Å². The van der Waals surface area contributed by atoms with E-state index < -0.39 is 14.4 Å². The molecule has 0 radical (unpaired) electrons. The second kappa shape index (κ2) is 7.39. The van der Waals surface area contributed by atoms with Crippen molar-refractivity contribution in [3.05, 3.63) is 48.0 Å². The lowest BCUT2D eigenvalue weighted by molar-refractivity contribution is 0.180. The lowest BCUT2D eigenvalue weighted by atomic mass is 10.0. The van der Waals surface area contributed by atoms with E-state index in [2.05, 4.69) is 52.6 Å². The second-order valence-corrected chi connectivity index (χ2v) is 12.1. The molecule has 1 rings (SSSR count). The van der Waals surface area contributed by atoms with Crippen molar-refractivity contribution in [2.45, 2.75) is 57.8 Å². The van der Waals surface area contributed by atoms with Gasteiger partial charge in [-0.05, 0) is 42.1 Å². The van der Waals surface area contributed by atoms with Gasteiger partial charge in [-0.3, -0.25) is 0 Å². The number of hydrogen-bond donors (Lipinski definition) is 1. The molecule has 2 nitrogen and oxygen atoms in total. The fourth-order valence-electron chi connectivity index (χ4n) is 1.74. The highest BCUT2D eigenvalue weighted by Gasteiger charge is 2.37. The molecule has 0 unspecified atom stereocenters. The van der Waals surface area contributed by atoms with Gasteiger partial charge in [0.25, 0.3) is 0 Å². The lowest BCUT2D eigenvalue weighted by Gasteiger charge is -2.36. The van der Waals surface area contributed by atoms with Crippen LogP contribution in [0.3, 0.4) is 0 Å². The molecule has 0 heterocycles. The Morgan fingerprint density at radius 1 is 1.24 bits per heavy atom. The van der Waals surface area contributed by atoms with Crippen molar-refractivity contribution in [2.24, 2.45) is 0 Å². The zero-order chi connectivity index (χ0) is 16.1. The van der Waals surface area contributed by atoms with Gasteiger partial charge in [0.2, 0.25) is 0 Å². The van der Waals surface area contributed by atoms with E-state index in [1.807, 2.05) is 18.2 Å². The fourth-order valence-corrected chi connectivity index (χ4v) is 2.72. The first-order chi connectivity index (χ1) is 9.63. The van der Waals surface area contributed by atoms with Crippen molar-refractivity contribution >= 4 is 8.32 Å². The zero-order valence-corrected chi connectivity index (χ0v) is 15.1. The van der Waals surface area contributed by atoms with E-state index >= 15 is 0 Å². The predicted molar refractivity (Wildman–Crippen MR) is 93.1 cm³/mol. The van der Waals surface area contributed by atoms with E-state index in [9.17, 15) is 5.11 Å². The third-order valence-corrected chi connectivity index (χ3v) is 8.92. The topological polar surface area (TPSA) is 29.5 Å². The maximum absolute atomic E-state index is 10.2. The minimum atomic E-state index is -1.77. The van der Waals surface area contributed by atoms with E-state index in [0.717, 1.165) is 12.0 Å². The summed E-state index contributed by atoms with van der Waals surface area (Å²) in [5.41, 5.74) is 2.03. The molecule has 1 aromatic carbocycles. The summed E-state index contributed by atoms with van der Waals surface area (Å²) in [6.07, 6.45) is 1.07. The molecule has 0 spiro atoms. The van der Waals surface area contributed by atoms with Crippen LogP contribution in [0.4, 0.5) is 0 Å². The number of benzene rings is 1. The summed E-state index contributed by atoms with van der Waals surface area (Å²) in [6.45, 7) is 15.5. The van der Waals surface area contributed by atoms with Crippen molar-refractivity contribution in [3.8, 4) is 0 Å². The fraction of sp³-hybridized carbons (Fsp3) is 0.556. The molecular weight excluding hydrogens is 276 g/mol. The van der Waals surface area contributed by atoms with Gasteiger partial charge in [0, 0.05) is 0 Å². The first-order valence-electron chi connectivity index (χ1n) is 7.67. The molecule has 0 saturated heterocycles. The molecule has 0 aliphatic rings. The number of aryl methyl sites for hydroxylation is 1. The van der Waals surface area contributed by atoms with Crippen LogP contribution in [0.1, 0.15) is 32.8 Å². The molecule has 0 saturated carbocycles. The molecule has 0 amide bonds. The Morgan fingerprint density at radius 2 is 1.81 bits per heavy atom.